The second kappa shape index (κ2) is 4.15. The van der Waals surface area contributed by atoms with Crippen LogP contribution in [0.3, 0.4) is 0 Å². The Kier molecular flexibility index (Phi) is 2.89. The molecule has 14 heavy (non-hydrogen) atoms. The van der Waals surface area contributed by atoms with Gasteiger partial charge in [-0.15, -0.1) is 0 Å². The van der Waals surface area contributed by atoms with Gasteiger partial charge in [0.25, 0.3) is 0 Å². The van der Waals surface area contributed by atoms with Crippen molar-refractivity contribution in [3.05, 3.63) is 34.5 Å². The first-order valence-electron chi connectivity index (χ1n) is 4.67. The van der Waals surface area contributed by atoms with Crippen molar-refractivity contribution in [3.63, 3.8) is 0 Å². The fourth-order valence-electron chi connectivity index (χ4n) is 1.45. The molecule has 0 aliphatic heterocycles. The Morgan fingerprint density at radius 2 is 2.29 bits per heavy atom. The summed E-state index contributed by atoms with van der Waals surface area (Å²) in [7, 11) is 0. The van der Waals surface area contributed by atoms with Crippen molar-refractivity contribution in [1.82, 2.24) is 5.32 Å². The number of fused-ring (bicyclic) bond motifs is 1. The van der Waals surface area contributed by atoms with Crippen LogP contribution in [-0.4, -0.2) is 6.54 Å². The van der Waals surface area contributed by atoms with E-state index in [0.29, 0.717) is 0 Å². The molecule has 0 unspecified atom stereocenters. The lowest BCUT2D eigenvalue weighted by Gasteiger charge is -1.98. The Balaban J connectivity index is 2.37. The zero-order valence-electron chi connectivity index (χ0n) is 8.01. The quantitative estimate of drug-likeness (QED) is 0.909. The van der Waals surface area contributed by atoms with E-state index in [4.69, 9.17) is 4.42 Å². The maximum atomic E-state index is 5.46. The minimum atomic E-state index is 0.866. The summed E-state index contributed by atoms with van der Waals surface area (Å²) in [5.41, 5.74) is 2.15. The molecule has 0 saturated heterocycles. The molecule has 0 radical (unpaired) electrons. The van der Waals surface area contributed by atoms with Crippen molar-refractivity contribution < 1.29 is 4.42 Å². The largest absolute Gasteiger partial charge is 0.464 e. The second-order valence-electron chi connectivity index (χ2n) is 3.18. The third-order valence-corrected chi connectivity index (χ3v) is 2.68. The average Bonchev–Trinajstić information content (AvgIpc) is 2.57. The van der Waals surface area contributed by atoms with Crippen LogP contribution in [-0.2, 0) is 6.54 Å². The Bertz CT molecular complexity index is 436. The van der Waals surface area contributed by atoms with Gasteiger partial charge in [-0.2, -0.15) is 0 Å². The second-order valence-corrected chi connectivity index (χ2v) is 4.10. The molecule has 0 aliphatic carbocycles. The summed E-state index contributed by atoms with van der Waals surface area (Å²) in [6.45, 7) is 3.94. The summed E-state index contributed by atoms with van der Waals surface area (Å²) in [4.78, 5) is 0. The van der Waals surface area contributed by atoms with Crippen LogP contribution in [0.4, 0.5) is 0 Å². The monoisotopic (exact) mass is 253 g/mol. The van der Waals surface area contributed by atoms with E-state index in [2.05, 4.69) is 34.2 Å². The standard InChI is InChI=1S/C11H12BrNO/c1-2-13-6-8-7-14-11-5-9(12)3-4-10(8)11/h3-5,7,13H,2,6H2,1H3. The summed E-state index contributed by atoms with van der Waals surface area (Å²) in [5.74, 6) is 0. The number of benzene rings is 1. The highest BCUT2D eigenvalue weighted by atomic mass is 79.9. The lowest BCUT2D eigenvalue weighted by atomic mass is 10.2. The predicted molar refractivity (Wildman–Crippen MR) is 61.3 cm³/mol. The van der Waals surface area contributed by atoms with Crippen molar-refractivity contribution in [1.29, 1.82) is 0 Å². The maximum Gasteiger partial charge on any atom is 0.135 e. The molecule has 1 heterocycles. The summed E-state index contributed by atoms with van der Waals surface area (Å²) in [5, 5.41) is 4.47. The van der Waals surface area contributed by atoms with Crippen molar-refractivity contribution in [2.45, 2.75) is 13.5 Å². The van der Waals surface area contributed by atoms with Gasteiger partial charge in [-0.25, -0.2) is 0 Å². The van der Waals surface area contributed by atoms with Crippen LogP contribution in [0.1, 0.15) is 12.5 Å². The topological polar surface area (TPSA) is 25.2 Å². The van der Waals surface area contributed by atoms with E-state index >= 15 is 0 Å². The third kappa shape index (κ3) is 1.83. The molecular weight excluding hydrogens is 242 g/mol. The smallest absolute Gasteiger partial charge is 0.135 e. The van der Waals surface area contributed by atoms with Gasteiger partial charge in [-0.3, -0.25) is 0 Å². The van der Waals surface area contributed by atoms with E-state index in [9.17, 15) is 0 Å². The highest BCUT2D eigenvalue weighted by molar-refractivity contribution is 9.10. The van der Waals surface area contributed by atoms with Gasteiger partial charge in [-0.1, -0.05) is 22.9 Å². The van der Waals surface area contributed by atoms with Gasteiger partial charge < -0.3 is 9.73 Å². The van der Waals surface area contributed by atoms with E-state index in [0.717, 1.165) is 23.1 Å². The van der Waals surface area contributed by atoms with Crippen molar-refractivity contribution >= 4 is 26.9 Å². The fraction of sp³-hybridized carbons (Fsp3) is 0.273. The highest BCUT2D eigenvalue weighted by Gasteiger charge is 2.04. The van der Waals surface area contributed by atoms with E-state index in [-0.39, 0.29) is 0 Å². The van der Waals surface area contributed by atoms with Gasteiger partial charge in [0.15, 0.2) is 0 Å². The number of nitrogens with one attached hydrogen (secondary N) is 1. The third-order valence-electron chi connectivity index (χ3n) is 2.18. The molecule has 3 heteroatoms. The van der Waals surface area contributed by atoms with E-state index in [1.54, 1.807) is 0 Å². The Labute approximate surface area is 91.4 Å². The SMILES string of the molecule is CCNCc1coc2cc(Br)ccc12. The van der Waals surface area contributed by atoms with Gasteiger partial charge in [0.05, 0.1) is 6.26 Å². The van der Waals surface area contributed by atoms with E-state index in [1.165, 1.54) is 10.9 Å². The molecule has 0 amide bonds. The summed E-state index contributed by atoms with van der Waals surface area (Å²) in [6.07, 6.45) is 1.82. The minimum absolute atomic E-state index is 0.866. The van der Waals surface area contributed by atoms with Crippen LogP contribution in [0.5, 0.6) is 0 Å². The molecule has 1 aromatic heterocycles. The summed E-state index contributed by atoms with van der Waals surface area (Å²) in [6, 6.07) is 6.10. The van der Waals surface area contributed by atoms with Crippen LogP contribution < -0.4 is 5.32 Å². The molecule has 0 atom stereocenters. The molecule has 74 valence electrons. The van der Waals surface area contributed by atoms with Gasteiger partial charge >= 0.3 is 0 Å². The number of hydrogen-bond donors (Lipinski definition) is 1. The van der Waals surface area contributed by atoms with E-state index in [1.807, 2.05) is 18.4 Å². The molecule has 0 spiro atoms. The van der Waals surface area contributed by atoms with Crippen molar-refractivity contribution in [3.8, 4) is 0 Å². The molecular formula is C11H12BrNO. The zero-order valence-corrected chi connectivity index (χ0v) is 9.60. The summed E-state index contributed by atoms with van der Waals surface area (Å²) < 4.78 is 6.51. The lowest BCUT2D eigenvalue weighted by molar-refractivity contribution is 0.604. The molecule has 0 bridgehead atoms. The minimum Gasteiger partial charge on any atom is -0.464 e. The Hall–Kier alpha value is -0.800. The molecule has 0 fully saturated rings. The Morgan fingerprint density at radius 3 is 3.07 bits per heavy atom. The number of furan rings is 1. The van der Waals surface area contributed by atoms with Gasteiger partial charge in [-0.05, 0) is 24.7 Å². The van der Waals surface area contributed by atoms with Crippen LogP contribution in [0, 0.1) is 0 Å². The Morgan fingerprint density at radius 1 is 1.43 bits per heavy atom. The van der Waals surface area contributed by atoms with Crippen LogP contribution in [0.25, 0.3) is 11.0 Å². The first-order valence-corrected chi connectivity index (χ1v) is 5.47. The van der Waals surface area contributed by atoms with Gasteiger partial charge in [0.1, 0.15) is 5.58 Å². The molecule has 0 saturated carbocycles. The molecule has 1 aromatic carbocycles. The maximum absolute atomic E-state index is 5.46. The summed E-state index contributed by atoms with van der Waals surface area (Å²) >= 11 is 3.42. The van der Waals surface area contributed by atoms with Crippen molar-refractivity contribution in [2.24, 2.45) is 0 Å². The molecule has 0 aliphatic rings. The number of rotatable bonds is 3. The average molecular weight is 254 g/mol. The van der Waals surface area contributed by atoms with E-state index < -0.39 is 0 Å². The molecule has 2 aromatic rings. The molecule has 1 N–H and O–H groups in total. The lowest BCUT2D eigenvalue weighted by Crippen LogP contribution is -2.11. The van der Waals surface area contributed by atoms with Crippen LogP contribution in [0.15, 0.2) is 33.4 Å². The molecule has 2 rings (SSSR count). The van der Waals surface area contributed by atoms with Gasteiger partial charge in [0.2, 0.25) is 0 Å². The normalized spacial score (nSPS) is 11.0. The first kappa shape index (κ1) is 9.74. The molecule has 2 nitrogen and oxygen atoms in total. The van der Waals surface area contributed by atoms with Crippen LogP contribution in [0.2, 0.25) is 0 Å². The zero-order chi connectivity index (χ0) is 9.97. The number of hydrogen-bond acceptors (Lipinski definition) is 2. The number of halogens is 1. The van der Waals surface area contributed by atoms with Crippen molar-refractivity contribution in [2.75, 3.05) is 6.54 Å². The first-order chi connectivity index (χ1) is 6.81. The van der Waals surface area contributed by atoms with Crippen LogP contribution >= 0.6 is 15.9 Å². The van der Waals surface area contributed by atoms with Gasteiger partial charge in [0, 0.05) is 22.0 Å². The highest BCUT2D eigenvalue weighted by Crippen LogP contribution is 2.24. The predicted octanol–water partition coefficient (Wildman–Crippen LogP) is 3.30. The fourth-order valence-corrected chi connectivity index (χ4v) is 1.79.